The number of nitriles is 1. The van der Waals surface area contributed by atoms with Gasteiger partial charge in [0.15, 0.2) is 0 Å². The van der Waals surface area contributed by atoms with Crippen LogP contribution < -0.4 is 10.6 Å². The fourth-order valence-electron chi connectivity index (χ4n) is 2.33. The summed E-state index contributed by atoms with van der Waals surface area (Å²) in [5.74, 6) is -0.503. The van der Waals surface area contributed by atoms with E-state index >= 15 is 0 Å². The lowest BCUT2D eigenvalue weighted by Crippen LogP contribution is -2.13. The molecule has 0 saturated carbocycles. The third-order valence-electron chi connectivity index (χ3n) is 3.71. The smallest absolute Gasteiger partial charge is 0.255 e. The predicted octanol–water partition coefficient (Wildman–Crippen LogP) is 4.06. The molecule has 5 heteroatoms. The van der Waals surface area contributed by atoms with Crippen LogP contribution >= 0.6 is 0 Å². The van der Waals surface area contributed by atoms with Crippen LogP contribution in [0.3, 0.4) is 0 Å². The van der Waals surface area contributed by atoms with Crippen LogP contribution in [0.1, 0.15) is 26.3 Å². The molecule has 0 radical (unpaired) electrons. The number of carbonyl (C=O) groups excluding carboxylic acids is 2. The van der Waals surface area contributed by atoms with Crippen molar-refractivity contribution in [2.75, 3.05) is 10.6 Å². The second kappa shape index (κ2) is 7.77. The van der Waals surface area contributed by atoms with Crippen molar-refractivity contribution in [3.8, 4) is 6.07 Å². The zero-order valence-electron chi connectivity index (χ0n) is 13.8. The molecule has 3 aromatic carbocycles. The normalized spacial score (nSPS) is 9.81. The van der Waals surface area contributed by atoms with E-state index in [0.29, 0.717) is 22.4 Å². The van der Waals surface area contributed by atoms with Gasteiger partial charge in [0.05, 0.1) is 11.6 Å². The molecule has 0 saturated heterocycles. The van der Waals surface area contributed by atoms with E-state index in [1.165, 1.54) is 0 Å². The van der Waals surface area contributed by atoms with Crippen molar-refractivity contribution < 1.29 is 9.59 Å². The molecule has 126 valence electrons. The fourth-order valence-corrected chi connectivity index (χ4v) is 2.33. The highest BCUT2D eigenvalue weighted by Crippen LogP contribution is 2.14. The Bertz CT molecular complexity index is 957. The largest absolute Gasteiger partial charge is 0.322 e. The Morgan fingerprint density at radius 3 is 1.62 bits per heavy atom. The molecule has 3 rings (SSSR count). The van der Waals surface area contributed by atoms with Gasteiger partial charge in [0, 0.05) is 22.5 Å². The zero-order chi connectivity index (χ0) is 18.4. The van der Waals surface area contributed by atoms with Crippen LogP contribution in [0.25, 0.3) is 0 Å². The molecule has 0 aliphatic heterocycles. The summed E-state index contributed by atoms with van der Waals surface area (Å²) in [6, 6.07) is 24.2. The lowest BCUT2D eigenvalue weighted by atomic mass is 10.1. The van der Waals surface area contributed by atoms with Gasteiger partial charge in [0.1, 0.15) is 0 Å². The summed E-state index contributed by atoms with van der Waals surface area (Å²) in [5.41, 5.74) is 2.74. The van der Waals surface area contributed by atoms with Crippen molar-refractivity contribution in [2.24, 2.45) is 0 Å². The van der Waals surface area contributed by atoms with E-state index in [2.05, 4.69) is 10.6 Å². The van der Waals surface area contributed by atoms with Crippen molar-refractivity contribution in [1.29, 1.82) is 5.26 Å². The minimum absolute atomic E-state index is 0.221. The van der Waals surface area contributed by atoms with Crippen LogP contribution in [-0.4, -0.2) is 11.8 Å². The minimum Gasteiger partial charge on any atom is -0.322 e. The number of benzene rings is 3. The fraction of sp³-hybridized carbons (Fsp3) is 0. The summed E-state index contributed by atoms with van der Waals surface area (Å²) in [5, 5.41) is 14.3. The Kier molecular flexibility index (Phi) is 5.06. The lowest BCUT2D eigenvalue weighted by Gasteiger charge is -2.08. The average molecular weight is 341 g/mol. The number of rotatable bonds is 4. The zero-order valence-corrected chi connectivity index (χ0v) is 13.8. The standard InChI is InChI=1S/C21H15N3O2/c22-14-15-6-8-16(9-7-15)20(25)24-19-12-10-17(11-13-19)21(26)23-18-4-2-1-3-5-18/h1-13H,(H,23,26)(H,24,25). The first-order valence-corrected chi connectivity index (χ1v) is 7.94. The van der Waals surface area contributed by atoms with E-state index in [9.17, 15) is 9.59 Å². The van der Waals surface area contributed by atoms with E-state index in [1.807, 2.05) is 36.4 Å². The number of amides is 2. The first kappa shape index (κ1) is 16.9. The molecule has 0 spiro atoms. The lowest BCUT2D eigenvalue weighted by molar-refractivity contribution is 0.102. The number of hydrogen-bond donors (Lipinski definition) is 2. The molecule has 2 N–H and O–H groups in total. The molecule has 0 atom stereocenters. The summed E-state index contributed by atoms with van der Waals surface area (Å²) >= 11 is 0. The van der Waals surface area contributed by atoms with Crippen molar-refractivity contribution >= 4 is 23.2 Å². The Labute approximate surface area is 150 Å². The molecule has 0 bridgehead atoms. The second-order valence-electron chi connectivity index (χ2n) is 5.54. The van der Waals surface area contributed by atoms with Gasteiger partial charge in [-0.3, -0.25) is 9.59 Å². The highest BCUT2D eigenvalue weighted by atomic mass is 16.2. The molecule has 5 nitrogen and oxygen atoms in total. The van der Waals surface area contributed by atoms with Gasteiger partial charge in [-0.25, -0.2) is 0 Å². The maximum absolute atomic E-state index is 12.2. The molecule has 0 heterocycles. The number of para-hydroxylation sites is 1. The first-order valence-electron chi connectivity index (χ1n) is 7.94. The summed E-state index contributed by atoms with van der Waals surface area (Å²) in [6.07, 6.45) is 0. The van der Waals surface area contributed by atoms with Crippen LogP contribution in [0, 0.1) is 11.3 Å². The molecule has 0 fully saturated rings. The summed E-state index contributed by atoms with van der Waals surface area (Å²) in [6.45, 7) is 0. The van der Waals surface area contributed by atoms with Crippen molar-refractivity contribution in [3.63, 3.8) is 0 Å². The monoisotopic (exact) mass is 341 g/mol. The van der Waals surface area contributed by atoms with Crippen LogP contribution in [0.15, 0.2) is 78.9 Å². The average Bonchev–Trinajstić information content (AvgIpc) is 2.69. The van der Waals surface area contributed by atoms with Gasteiger partial charge in [0.25, 0.3) is 11.8 Å². The molecule has 0 aliphatic rings. The maximum atomic E-state index is 12.2. The quantitative estimate of drug-likeness (QED) is 0.750. The number of nitrogens with one attached hydrogen (secondary N) is 2. The summed E-state index contributed by atoms with van der Waals surface area (Å²) < 4.78 is 0. The minimum atomic E-state index is -0.282. The topological polar surface area (TPSA) is 82.0 Å². The number of carbonyl (C=O) groups is 2. The highest BCUT2D eigenvalue weighted by molar-refractivity contribution is 6.06. The Morgan fingerprint density at radius 1 is 0.654 bits per heavy atom. The molecular formula is C21H15N3O2. The molecule has 0 aromatic heterocycles. The van der Waals surface area contributed by atoms with Crippen LogP contribution in [0.4, 0.5) is 11.4 Å². The van der Waals surface area contributed by atoms with Crippen LogP contribution in [0.2, 0.25) is 0 Å². The van der Waals surface area contributed by atoms with Crippen molar-refractivity contribution in [2.45, 2.75) is 0 Å². The van der Waals surface area contributed by atoms with Gasteiger partial charge in [-0.1, -0.05) is 18.2 Å². The number of hydrogen-bond acceptors (Lipinski definition) is 3. The molecule has 3 aromatic rings. The third-order valence-corrected chi connectivity index (χ3v) is 3.71. The highest BCUT2D eigenvalue weighted by Gasteiger charge is 2.08. The summed E-state index contributed by atoms with van der Waals surface area (Å²) in [4.78, 5) is 24.4. The molecule has 26 heavy (non-hydrogen) atoms. The number of anilines is 2. The SMILES string of the molecule is N#Cc1ccc(C(=O)Nc2ccc(C(=O)Nc3ccccc3)cc2)cc1. The van der Waals surface area contributed by atoms with Gasteiger partial charge in [-0.15, -0.1) is 0 Å². The Morgan fingerprint density at radius 2 is 1.12 bits per heavy atom. The van der Waals surface area contributed by atoms with Gasteiger partial charge in [-0.2, -0.15) is 5.26 Å². The van der Waals surface area contributed by atoms with Crippen LogP contribution in [0.5, 0.6) is 0 Å². The Balaban J connectivity index is 1.64. The van der Waals surface area contributed by atoms with Gasteiger partial charge in [0.2, 0.25) is 0 Å². The van der Waals surface area contributed by atoms with E-state index in [4.69, 9.17) is 5.26 Å². The van der Waals surface area contributed by atoms with Crippen molar-refractivity contribution in [3.05, 3.63) is 95.6 Å². The predicted molar refractivity (Wildman–Crippen MR) is 99.9 cm³/mol. The van der Waals surface area contributed by atoms with E-state index in [-0.39, 0.29) is 11.8 Å². The Hall–Kier alpha value is -3.91. The van der Waals surface area contributed by atoms with E-state index in [1.54, 1.807) is 48.5 Å². The third kappa shape index (κ3) is 4.13. The second-order valence-corrected chi connectivity index (χ2v) is 5.54. The molecular weight excluding hydrogens is 326 g/mol. The van der Waals surface area contributed by atoms with Gasteiger partial charge < -0.3 is 10.6 Å². The molecule has 0 aliphatic carbocycles. The number of nitrogens with zero attached hydrogens (tertiary/aromatic N) is 1. The summed E-state index contributed by atoms with van der Waals surface area (Å²) in [7, 11) is 0. The first-order chi connectivity index (χ1) is 12.7. The van der Waals surface area contributed by atoms with Crippen LogP contribution in [-0.2, 0) is 0 Å². The van der Waals surface area contributed by atoms with E-state index in [0.717, 1.165) is 5.69 Å². The van der Waals surface area contributed by atoms with Crippen molar-refractivity contribution in [1.82, 2.24) is 0 Å². The van der Waals surface area contributed by atoms with Gasteiger partial charge in [-0.05, 0) is 60.7 Å². The molecule has 0 unspecified atom stereocenters. The van der Waals surface area contributed by atoms with E-state index < -0.39 is 0 Å². The molecule has 2 amide bonds. The van der Waals surface area contributed by atoms with Gasteiger partial charge >= 0.3 is 0 Å². The maximum Gasteiger partial charge on any atom is 0.255 e.